The van der Waals surface area contributed by atoms with Gasteiger partial charge in [-0.3, -0.25) is 4.79 Å². The minimum absolute atomic E-state index is 0.0129. The molecule has 1 unspecified atom stereocenters. The number of hydrogen-bond acceptors (Lipinski definition) is 3. The summed E-state index contributed by atoms with van der Waals surface area (Å²) in [4.78, 5) is 22.1. The summed E-state index contributed by atoms with van der Waals surface area (Å²) in [6.45, 7) is 9.36. The fourth-order valence-corrected chi connectivity index (χ4v) is 1.41. The van der Waals surface area contributed by atoms with E-state index in [0.29, 0.717) is 0 Å². The molecule has 1 atom stereocenters. The van der Waals surface area contributed by atoms with Gasteiger partial charge in [-0.1, -0.05) is 11.6 Å². The van der Waals surface area contributed by atoms with Gasteiger partial charge in [-0.05, 0) is 34.6 Å². The molecule has 104 valence electrons. The molecular weight excluding hydrogens is 234 g/mol. The van der Waals surface area contributed by atoms with Crippen LogP contribution in [0.1, 0.15) is 41.0 Å². The lowest BCUT2D eigenvalue weighted by Crippen LogP contribution is -2.35. The zero-order valence-corrected chi connectivity index (χ0v) is 11.7. The van der Waals surface area contributed by atoms with Crippen molar-refractivity contribution in [2.45, 2.75) is 46.6 Å². The van der Waals surface area contributed by atoms with Crippen molar-refractivity contribution in [1.29, 1.82) is 0 Å². The van der Waals surface area contributed by atoms with Crippen LogP contribution >= 0.6 is 0 Å². The highest BCUT2D eigenvalue weighted by Crippen LogP contribution is 2.09. The van der Waals surface area contributed by atoms with Crippen LogP contribution in [0.15, 0.2) is 11.6 Å². The fraction of sp³-hybridized carbons (Fsp3) is 0.692. The molecule has 0 spiro atoms. The quantitative estimate of drug-likeness (QED) is 0.742. The third-order valence-corrected chi connectivity index (χ3v) is 1.91. The zero-order chi connectivity index (χ0) is 14.3. The standard InChI is InChI=1S/C13H23NO4/c1-9(2)6-10(7-11(15)16)8-14-12(17)18-13(3,4)5/h6,10H,7-8H2,1-5H3,(H,14,17)(H,15,16). The van der Waals surface area contributed by atoms with Crippen LogP contribution < -0.4 is 5.32 Å². The van der Waals surface area contributed by atoms with Gasteiger partial charge in [0.2, 0.25) is 0 Å². The fourth-order valence-electron chi connectivity index (χ4n) is 1.41. The van der Waals surface area contributed by atoms with E-state index in [-0.39, 0.29) is 18.9 Å². The Balaban J connectivity index is 4.31. The molecule has 0 heterocycles. The SMILES string of the molecule is CC(C)=CC(CNC(=O)OC(C)(C)C)CC(=O)O. The number of hydrogen-bond donors (Lipinski definition) is 2. The van der Waals surface area contributed by atoms with Crippen LogP contribution in [0.4, 0.5) is 4.79 Å². The van der Waals surface area contributed by atoms with Gasteiger partial charge < -0.3 is 15.2 Å². The van der Waals surface area contributed by atoms with E-state index in [1.165, 1.54) is 0 Å². The monoisotopic (exact) mass is 257 g/mol. The van der Waals surface area contributed by atoms with E-state index in [2.05, 4.69) is 5.32 Å². The van der Waals surface area contributed by atoms with Gasteiger partial charge in [0.25, 0.3) is 0 Å². The topological polar surface area (TPSA) is 75.6 Å². The number of alkyl carbamates (subject to hydrolysis) is 1. The summed E-state index contributed by atoms with van der Waals surface area (Å²) < 4.78 is 5.08. The lowest BCUT2D eigenvalue weighted by molar-refractivity contribution is -0.137. The molecule has 0 radical (unpaired) electrons. The predicted molar refractivity (Wildman–Crippen MR) is 69.4 cm³/mol. The summed E-state index contributed by atoms with van der Waals surface area (Å²) in [5, 5.41) is 11.4. The van der Waals surface area contributed by atoms with Crippen molar-refractivity contribution < 1.29 is 19.4 Å². The number of carboxylic acid groups (broad SMARTS) is 1. The summed E-state index contributed by atoms with van der Waals surface area (Å²) in [6.07, 6.45) is 1.30. The van der Waals surface area contributed by atoms with Gasteiger partial charge in [-0.15, -0.1) is 0 Å². The number of amides is 1. The zero-order valence-electron chi connectivity index (χ0n) is 11.7. The lowest BCUT2D eigenvalue weighted by Gasteiger charge is -2.20. The molecule has 0 fully saturated rings. The largest absolute Gasteiger partial charge is 0.481 e. The van der Waals surface area contributed by atoms with Crippen LogP contribution in [0.5, 0.6) is 0 Å². The van der Waals surface area contributed by atoms with Gasteiger partial charge in [0.05, 0.1) is 6.42 Å². The first kappa shape index (κ1) is 16.5. The average Bonchev–Trinajstić information content (AvgIpc) is 2.09. The molecule has 0 rings (SSSR count). The Morgan fingerprint density at radius 2 is 1.89 bits per heavy atom. The summed E-state index contributed by atoms with van der Waals surface area (Å²) in [7, 11) is 0. The Hall–Kier alpha value is -1.52. The number of carbonyl (C=O) groups is 2. The Morgan fingerprint density at radius 1 is 1.33 bits per heavy atom. The van der Waals surface area contributed by atoms with E-state index in [1.54, 1.807) is 20.8 Å². The molecule has 18 heavy (non-hydrogen) atoms. The molecule has 0 aromatic heterocycles. The van der Waals surface area contributed by atoms with Gasteiger partial charge in [0, 0.05) is 12.5 Å². The van der Waals surface area contributed by atoms with E-state index in [0.717, 1.165) is 5.57 Å². The molecule has 0 aliphatic rings. The maximum atomic E-state index is 11.4. The van der Waals surface area contributed by atoms with Crippen molar-refractivity contribution >= 4 is 12.1 Å². The second-order valence-electron chi connectivity index (χ2n) is 5.48. The van der Waals surface area contributed by atoms with Gasteiger partial charge in [0.1, 0.15) is 5.60 Å². The second kappa shape index (κ2) is 7.03. The number of carboxylic acids is 1. The van der Waals surface area contributed by atoms with Gasteiger partial charge in [0.15, 0.2) is 0 Å². The number of rotatable bonds is 5. The third kappa shape index (κ3) is 9.69. The van der Waals surface area contributed by atoms with E-state index >= 15 is 0 Å². The predicted octanol–water partition coefficient (Wildman–Crippen LogP) is 2.57. The molecule has 0 bridgehead atoms. The number of ether oxygens (including phenoxy) is 1. The number of carbonyl (C=O) groups excluding carboxylic acids is 1. The first-order valence-electron chi connectivity index (χ1n) is 5.94. The van der Waals surface area contributed by atoms with Crippen LogP contribution in [-0.2, 0) is 9.53 Å². The Bertz CT molecular complexity index is 324. The first-order chi connectivity index (χ1) is 8.10. The highest BCUT2D eigenvalue weighted by molar-refractivity contribution is 5.69. The molecule has 5 nitrogen and oxygen atoms in total. The highest BCUT2D eigenvalue weighted by Gasteiger charge is 2.17. The second-order valence-corrected chi connectivity index (χ2v) is 5.48. The molecule has 0 aliphatic heterocycles. The number of allylic oxidation sites excluding steroid dienone is 1. The van der Waals surface area contributed by atoms with Crippen LogP contribution in [-0.4, -0.2) is 29.3 Å². The molecule has 2 N–H and O–H groups in total. The molecule has 0 saturated carbocycles. The maximum absolute atomic E-state index is 11.4. The van der Waals surface area contributed by atoms with Crippen LogP contribution in [0, 0.1) is 5.92 Å². The molecule has 1 amide bonds. The van der Waals surface area contributed by atoms with Crippen molar-refractivity contribution in [2.24, 2.45) is 5.92 Å². The van der Waals surface area contributed by atoms with Crippen molar-refractivity contribution in [1.82, 2.24) is 5.32 Å². The molecule has 0 aliphatic carbocycles. The Kier molecular flexibility index (Phi) is 6.44. The summed E-state index contributed by atoms with van der Waals surface area (Å²) in [5.74, 6) is -1.11. The van der Waals surface area contributed by atoms with Crippen LogP contribution in [0.3, 0.4) is 0 Å². The van der Waals surface area contributed by atoms with E-state index in [1.807, 2.05) is 19.9 Å². The third-order valence-electron chi connectivity index (χ3n) is 1.91. The smallest absolute Gasteiger partial charge is 0.407 e. The van der Waals surface area contributed by atoms with E-state index in [4.69, 9.17) is 9.84 Å². The molecule has 5 heteroatoms. The van der Waals surface area contributed by atoms with Crippen molar-refractivity contribution in [3.05, 3.63) is 11.6 Å². The van der Waals surface area contributed by atoms with Gasteiger partial charge >= 0.3 is 12.1 Å². The number of nitrogens with one attached hydrogen (secondary N) is 1. The average molecular weight is 257 g/mol. The minimum Gasteiger partial charge on any atom is -0.481 e. The van der Waals surface area contributed by atoms with E-state index < -0.39 is 17.7 Å². The maximum Gasteiger partial charge on any atom is 0.407 e. The van der Waals surface area contributed by atoms with Crippen molar-refractivity contribution in [2.75, 3.05) is 6.54 Å². The first-order valence-corrected chi connectivity index (χ1v) is 5.94. The molecule has 0 aromatic carbocycles. The van der Waals surface area contributed by atoms with Crippen molar-refractivity contribution in [3.8, 4) is 0 Å². The Morgan fingerprint density at radius 3 is 2.28 bits per heavy atom. The van der Waals surface area contributed by atoms with Crippen molar-refractivity contribution in [3.63, 3.8) is 0 Å². The van der Waals surface area contributed by atoms with E-state index in [9.17, 15) is 9.59 Å². The summed E-state index contributed by atoms with van der Waals surface area (Å²) in [5.41, 5.74) is 0.468. The van der Waals surface area contributed by atoms with Crippen LogP contribution in [0.2, 0.25) is 0 Å². The summed E-state index contributed by atoms with van der Waals surface area (Å²) >= 11 is 0. The molecule has 0 saturated heterocycles. The minimum atomic E-state index is -0.886. The molecular formula is C13H23NO4. The normalized spacial score (nSPS) is 12.5. The van der Waals surface area contributed by atoms with Crippen LogP contribution in [0.25, 0.3) is 0 Å². The van der Waals surface area contributed by atoms with Gasteiger partial charge in [-0.25, -0.2) is 4.79 Å². The van der Waals surface area contributed by atoms with Gasteiger partial charge in [-0.2, -0.15) is 0 Å². The number of aliphatic carboxylic acids is 1. The molecule has 0 aromatic rings. The Labute approximate surface area is 108 Å². The summed E-state index contributed by atoms with van der Waals surface area (Å²) in [6, 6.07) is 0. The highest BCUT2D eigenvalue weighted by atomic mass is 16.6. The lowest BCUT2D eigenvalue weighted by atomic mass is 10.0.